The summed E-state index contributed by atoms with van der Waals surface area (Å²) in [7, 11) is 0. The van der Waals surface area contributed by atoms with Gasteiger partial charge in [0, 0.05) is 11.1 Å². The summed E-state index contributed by atoms with van der Waals surface area (Å²) in [5.41, 5.74) is 0. The average Bonchev–Trinajstić information content (AvgIpc) is 2.87. The monoisotopic (exact) mass is 238 g/mol. The maximum atomic E-state index is 4.99. The van der Waals surface area contributed by atoms with Crippen LogP contribution in [0.15, 0.2) is 10.7 Å². The van der Waals surface area contributed by atoms with E-state index >= 15 is 0 Å². The van der Waals surface area contributed by atoms with Gasteiger partial charge in [0.05, 0.1) is 6.04 Å². The first-order valence-corrected chi connectivity index (χ1v) is 6.02. The predicted octanol–water partition coefficient (Wildman–Crippen LogP) is 2.57. The van der Waals surface area contributed by atoms with Gasteiger partial charge >= 0.3 is 6.01 Å². The minimum atomic E-state index is 0.0881. The van der Waals surface area contributed by atoms with E-state index < -0.39 is 0 Å². The fraction of sp³-hybridized carbons (Fsp3) is 0.500. The second-order valence-corrected chi connectivity index (χ2v) is 4.68. The molecule has 2 aromatic heterocycles. The van der Waals surface area contributed by atoms with Crippen LogP contribution in [0, 0.1) is 6.92 Å². The van der Waals surface area contributed by atoms with Crippen molar-refractivity contribution in [2.75, 3.05) is 5.32 Å². The molecule has 1 atom stereocenters. The Morgan fingerprint density at radius 1 is 1.56 bits per heavy atom. The van der Waals surface area contributed by atoms with Gasteiger partial charge in [-0.05, 0) is 20.3 Å². The van der Waals surface area contributed by atoms with E-state index in [4.69, 9.17) is 4.52 Å². The first kappa shape index (κ1) is 11.1. The van der Waals surface area contributed by atoms with Crippen molar-refractivity contribution in [1.82, 2.24) is 15.1 Å². The highest BCUT2D eigenvalue weighted by molar-refractivity contribution is 7.11. The van der Waals surface area contributed by atoms with Crippen molar-refractivity contribution < 1.29 is 4.52 Å². The summed E-state index contributed by atoms with van der Waals surface area (Å²) in [6.45, 7) is 5.94. The summed E-state index contributed by atoms with van der Waals surface area (Å²) in [6.07, 6.45) is 2.93. The van der Waals surface area contributed by atoms with Crippen molar-refractivity contribution in [3.8, 4) is 0 Å². The number of hydrogen-bond acceptors (Lipinski definition) is 6. The predicted molar refractivity (Wildman–Crippen MR) is 62.6 cm³/mol. The average molecular weight is 238 g/mol. The summed E-state index contributed by atoms with van der Waals surface area (Å²) in [4.78, 5) is 9.73. The summed E-state index contributed by atoms with van der Waals surface area (Å²) in [5.74, 6) is 0.628. The van der Waals surface area contributed by atoms with Crippen LogP contribution >= 0.6 is 11.3 Å². The molecule has 2 aromatic rings. The number of thiazole rings is 1. The molecule has 6 heteroatoms. The number of aryl methyl sites for hydroxylation is 2. The molecule has 0 radical (unpaired) electrons. The summed E-state index contributed by atoms with van der Waals surface area (Å²) < 4.78 is 4.99. The topological polar surface area (TPSA) is 63.8 Å². The quantitative estimate of drug-likeness (QED) is 0.886. The largest absolute Gasteiger partial charge is 0.329 e. The third-order valence-electron chi connectivity index (χ3n) is 2.16. The third kappa shape index (κ3) is 2.38. The number of aromatic nitrogens is 3. The Hall–Kier alpha value is -1.43. The molecule has 1 N–H and O–H groups in total. The highest BCUT2D eigenvalue weighted by Crippen LogP contribution is 2.23. The van der Waals surface area contributed by atoms with Crippen molar-refractivity contribution in [2.24, 2.45) is 0 Å². The molecule has 0 fully saturated rings. The van der Waals surface area contributed by atoms with Gasteiger partial charge in [0.15, 0.2) is 5.82 Å². The molecule has 2 heterocycles. The lowest BCUT2D eigenvalue weighted by Crippen LogP contribution is -2.06. The van der Waals surface area contributed by atoms with Crippen LogP contribution in [0.5, 0.6) is 0 Å². The van der Waals surface area contributed by atoms with Gasteiger partial charge in [0.2, 0.25) is 0 Å². The smallest absolute Gasteiger partial charge is 0.322 e. The first-order chi connectivity index (χ1) is 7.69. The van der Waals surface area contributed by atoms with Gasteiger partial charge < -0.3 is 9.84 Å². The molecule has 2 rings (SSSR count). The highest BCUT2D eigenvalue weighted by atomic mass is 32.1. The Bertz CT molecular complexity index is 465. The van der Waals surface area contributed by atoms with E-state index in [2.05, 4.69) is 27.4 Å². The Labute approximate surface area is 97.9 Å². The SMILES string of the molecule is CCc1cnc(C(C)Nc2nc(C)no2)s1. The van der Waals surface area contributed by atoms with E-state index in [1.807, 2.05) is 13.1 Å². The standard InChI is InChI=1S/C10H14N4OS/c1-4-8-5-11-9(16-8)6(2)12-10-13-7(3)14-15-10/h5-6H,4H2,1-3H3,(H,12,13,14). The van der Waals surface area contributed by atoms with Crippen molar-refractivity contribution in [2.45, 2.75) is 33.2 Å². The van der Waals surface area contributed by atoms with Crippen molar-refractivity contribution in [3.05, 3.63) is 21.9 Å². The summed E-state index contributed by atoms with van der Waals surface area (Å²) in [5, 5.41) is 7.88. The number of rotatable bonds is 4. The Morgan fingerprint density at radius 2 is 2.38 bits per heavy atom. The lowest BCUT2D eigenvalue weighted by Gasteiger charge is -2.07. The third-order valence-corrected chi connectivity index (χ3v) is 3.48. The second kappa shape index (κ2) is 4.61. The fourth-order valence-corrected chi connectivity index (χ4v) is 2.15. The van der Waals surface area contributed by atoms with Gasteiger partial charge in [0.1, 0.15) is 5.01 Å². The Balaban J connectivity index is 2.05. The zero-order valence-corrected chi connectivity index (χ0v) is 10.3. The lowest BCUT2D eigenvalue weighted by molar-refractivity contribution is 0.422. The number of nitrogens with zero attached hydrogens (tertiary/aromatic N) is 3. The highest BCUT2D eigenvalue weighted by Gasteiger charge is 2.12. The van der Waals surface area contributed by atoms with Crippen molar-refractivity contribution in [3.63, 3.8) is 0 Å². The molecule has 86 valence electrons. The van der Waals surface area contributed by atoms with Gasteiger partial charge in [-0.1, -0.05) is 12.1 Å². The molecule has 0 aliphatic rings. The van der Waals surface area contributed by atoms with Gasteiger partial charge in [-0.25, -0.2) is 4.98 Å². The van der Waals surface area contributed by atoms with E-state index in [0.717, 1.165) is 11.4 Å². The molecular weight excluding hydrogens is 224 g/mol. The van der Waals surface area contributed by atoms with Gasteiger partial charge in [-0.2, -0.15) is 4.98 Å². The maximum absolute atomic E-state index is 4.99. The van der Waals surface area contributed by atoms with Crippen LogP contribution < -0.4 is 5.32 Å². The Morgan fingerprint density at radius 3 is 2.94 bits per heavy atom. The van der Waals surface area contributed by atoms with E-state index in [1.54, 1.807) is 18.3 Å². The molecular formula is C10H14N4OS. The maximum Gasteiger partial charge on any atom is 0.322 e. The first-order valence-electron chi connectivity index (χ1n) is 5.20. The van der Waals surface area contributed by atoms with Crippen LogP contribution in [0.25, 0.3) is 0 Å². The molecule has 0 saturated heterocycles. The van der Waals surface area contributed by atoms with Crippen molar-refractivity contribution >= 4 is 17.4 Å². The van der Waals surface area contributed by atoms with Gasteiger partial charge in [0.25, 0.3) is 0 Å². The summed E-state index contributed by atoms with van der Waals surface area (Å²) >= 11 is 1.70. The van der Waals surface area contributed by atoms with Crippen LogP contribution in [-0.2, 0) is 6.42 Å². The molecule has 5 nitrogen and oxygen atoms in total. The number of nitrogens with one attached hydrogen (secondary N) is 1. The van der Waals surface area contributed by atoms with E-state index in [9.17, 15) is 0 Å². The van der Waals surface area contributed by atoms with E-state index in [-0.39, 0.29) is 6.04 Å². The normalized spacial score (nSPS) is 12.7. The van der Waals surface area contributed by atoms with Gasteiger partial charge in [-0.15, -0.1) is 11.3 Å². The van der Waals surface area contributed by atoms with Gasteiger partial charge in [-0.3, -0.25) is 0 Å². The molecule has 0 spiro atoms. The second-order valence-electron chi connectivity index (χ2n) is 3.53. The van der Waals surface area contributed by atoms with Crippen LogP contribution in [0.2, 0.25) is 0 Å². The minimum absolute atomic E-state index is 0.0881. The number of anilines is 1. The van der Waals surface area contributed by atoms with Crippen LogP contribution in [-0.4, -0.2) is 15.1 Å². The molecule has 0 saturated carbocycles. The lowest BCUT2D eigenvalue weighted by atomic mass is 10.4. The minimum Gasteiger partial charge on any atom is -0.329 e. The van der Waals surface area contributed by atoms with Crippen molar-refractivity contribution in [1.29, 1.82) is 0 Å². The van der Waals surface area contributed by atoms with Crippen LogP contribution in [0.3, 0.4) is 0 Å². The zero-order valence-electron chi connectivity index (χ0n) is 9.52. The molecule has 0 aliphatic heterocycles. The molecule has 16 heavy (non-hydrogen) atoms. The van der Waals surface area contributed by atoms with E-state index in [0.29, 0.717) is 11.8 Å². The fourth-order valence-electron chi connectivity index (χ4n) is 1.29. The molecule has 1 unspecified atom stereocenters. The molecule has 0 aromatic carbocycles. The Kier molecular flexibility index (Phi) is 3.19. The zero-order chi connectivity index (χ0) is 11.5. The molecule has 0 amide bonds. The van der Waals surface area contributed by atoms with E-state index in [1.165, 1.54) is 4.88 Å². The molecule has 0 bridgehead atoms. The summed E-state index contributed by atoms with van der Waals surface area (Å²) in [6, 6.07) is 0.531. The van der Waals surface area contributed by atoms with Crippen LogP contribution in [0.4, 0.5) is 6.01 Å². The van der Waals surface area contributed by atoms with Crippen LogP contribution in [0.1, 0.15) is 35.6 Å². The number of hydrogen-bond donors (Lipinski definition) is 1. The molecule has 0 aliphatic carbocycles.